The minimum atomic E-state index is -4.00. The van der Waals surface area contributed by atoms with Gasteiger partial charge in [0, 0.05) is 19.3 Å². The van der Waals surface area contributed by atoms with Crippen molar-refractivity contribution in [3.8, 4) is 0 Å². The minimum absolute atomic E-state index is 0.259. The first-order valence-corrected chi connectivity index (χ1v) is 7.42. The van der Waals surface area contributed by atoms with Gasteiger partial charge in [0.15, 0.2) is 0 Å². The molecule has 0 saturated heterocycles. The fourth-order valence-electron chi connectivity index (χ4n) is 2.45. The number of nitrogens with one attached hydrogen (secondary N) is 1. The lowest BCUT2D eigenvalue weighted by Crippen LogP contribution is -2.37. The van der Waals surface area contributed by atoms with Gasteiger partial charge in [0.2, 0.25) is 0 Å². The molecule has 1 N–H and O–H groups in total. The van der Waals surface area contributed by atoms with E-state index in [9.17, 15) is 13.2 Å². The van der Waals surface area contributed by atoms with Crippen LogP contribution in [0.2, 0.25) is 0 Å². The first-order chi connectivity index (χ1) is 9.04. The highest BCUT2D eigenvalue weighted by Gasteiger charge is 2.41. The van der Waals surface area contributed by atoms with Gasteiger partial charge in [-0.25, -0.2) is 0 Å². The third-order valence-electron chi connectivity index (χ3n) is 3.73. The molecule has 0 aromatic carbocycles. The Labute approximate surface area is 114 Å². The number of halogens is 3. The van der Waals surface area contributed by atoms with Crippen LogP contribution in [0.25, 0.3) is 0 Å². The van der Waals surface area contributed by atoms with Crippen molar-refractivity contribution in [3.63, 3.8) is 0 Å². The largest absolute Gasteiger partial charge is 0.391 e. The molecular formula is C14H26F3NO. The van der Waals surface area contributed by atoms with Gasteiger partial charge in [0.1, 0.15) is 0 Å². The molecule has 1 fully saturated rings. The number of rotatable bonds is 8. The van der Waals surface area contributed by atoms with E-state index in [1.54, 1.807) is 0 Å². The smallest absolute Gasteiger partial charge is 0.381 e. The van der Waals surface area contributed by atoms with Crippen LogP contribution in [-0.4, -0.2) is 32.0 Å². The summed E-state index contributed by atoms with van der Waals surface area (Å²) in [6.07, 6.45) is 0.987. The van der Waals surface area contributed by atoms with Gasteiger partial charge in [0.25, 0.3) is 0 Å². The monoisotopic (exact) mass is 281 g/mol. The van der Waals surface area contributed by atoms with Gasteiger partial charge >= 0.3 is 6.18 Å². The maximum absolute atomic E-state index is 12.5. The first kappa shape index (κ1) is 16.8. The summed E-state index contributed by atoms with van der Waals surface area (Å²) in [5, 5.41) is 3.34. The molecule has 0 aromatic rings. The van der Waals surface area contributed by atoms with E-state index in [4.69, 9.17) is 4.74 Å². The molecule has 1 rings (SSSR count). The Hall–Kier alpha value is -0.290. The van der Waals surface area contributed by atoms with Crippen LogP contribution in [0.3, 0.4) is 0 Å². The Morgan fingerprint density at radius 3 is 2.26 bits per heavy atom. The molecule has 0 heterocycles. The lowest BCUT2D eigenvalue weighted by Gasteiger charge is -2.30. The zero-order chi connectivity index (χ0) is 14.1. The van der Waals surface area contributed by atoms with Gasteiger partial charge < -0.3 is 10.1 Å². The lowest BCUT2D eigenvalue weighted by atomic mass is 9.85. The molecule has 0 amide bonds. The second-order valence-corrected chi connectivity index (χ2v) is 5.36. The number of hydrogen-bond donors (Lipinski definition) is 1. The Balaban J connectivity index is 1.98. The molecule has 1 aliphatic rings. The highest BCUT2D eigenvalue weighted by Crippen LogP contribution is 2.37. The summed E-state index contributed by atoms with van der Waals surface area (Å²) in [6, 6.07) is 0.259. The summed E-state index contributed by atoms with van der Waals surface area (Å²) in [5.41, 5.74) is 0. The molecule has 0 spiro atoms. The van der Waals surface area contributed by atoms with Crippen molar-refractivity contribution in [3.05, 3.63) is 0 Å². The Morgan fingerprint density at radius 2 is 1.68 bits per heavy atom. The van der Waals surface area contributed by atoms with Crippen LogP contribution in [0.15, 0.2) is 0 Å². The molecular weight excluding hydrogens is 255 g/mol. The maximum Gasteiger partial charge on any atom is 0.391 e. The fraction of sp³-hybridized carbons (Fsp3) is 1.00. The maximum atomic E-state index is 12.5. The van der Waals surface area contributed by atoms with Crippen molar-refractivity contribution in [2.24, 2.45) is 5.92 Å². The number of alkyl halides is 3. The quantitative estimate of drug-likeness (QED) is 0.681. The van der Waals surface area contributed by atoms with E-state index in [1.165, 1.54) is 0 Å². The SMILES string of the molecule is CCCCOCCCNC1CCC(C(F)(F)F)CC1. The van der Waals surface area contributed by atoms with Crippen LogP contribution < -0.4 is 5.32 Å². The fourth-order valence-corrected chi connectivity index (χ4v) is 2.45. The van der Waals surface area contributed by atoms with Crippen LogP contribution >= 0.6 is 0 Å². The summed E-state index contributed by atoms with van der Waals surface area (Å²) in [4.78, 5) is 0. The number of ether oxygens (including phenoxy) is 1. The summed E-state index contributed by atoms with van der Waals surface area (Å²) < 4.78 is 42.9. The summed E-state index contributed by atoms with van der Waals surface area (Å²) in [6.45, 7) is 4.52. The van der Waals surface area contributed by atoms with Crippen LogP contribution in [0.4, 0.5) is 13.2 Å². The molecule has 0 aliphatic heterocycles. The predicted octanol–water partition coefficient (Wildman–Crippen LogP) is 3.90. The van der Waals surface area contributed by atoms with E-state index < -0.39 is 12.1 Å². The van der Waals surface area contributed by atoms with Crippen LogP contribution in [-0.2, 0) is 4.74 Å². The number of hydrogen-bond acceptors (Lipinski definition) is 2. The van der Waals surface area contributed by atoms with Crippen molar-refractivity contribution < 1.29 is 17.9 Å². The molecule has 114 valence electrons. The van der Waals surface area contributed by atoms with E-state index in [2.05, 4.69) is 12.2 Å². The summed E-state index contributed by atoms with van der Waals surface area (Å²) in [7, 11) is 0. The number of unbranched alkanes of at least 4 members (excludes halogenated alkanes) is 1. The second kappa shape index (κ2) is 8.80. The lowest BCUT2D eigenvalue weighted by molar-refractivity contribution is -0.182. The molecule has 0 unspecified atom stereocenters. The van der Waals surface area contributed by atoms with Gasteiger partial charge in [-0.2, -0.15) is 13.2 Å². The first-order valence-electron chi connectivity index (χ1n) is 7.42. The van der Waals surface area contributed by atoms with Crippen molar-refractivity contribution in [2.45, 2.75) is 64.1 Å². The molecule has 0 radical (unpaired) electrons. The van der Waals surface area contributed by atoms with Gasteiger partial charge in [-0.05, 0) is 45.1 Å². The van der Waals surface area contributed by atoms with Crippen molar-refractivity contribution in [1.29, 1.82) is 0 Å². The van der Waals surface area contributed by atoms with Gasteiger partial charge in [-0.1, -0.05) is 13.3 Å². The van der Waals surface area contributed by atoms with Crippen LogP contribution in [0.5, 0.6) is 0 Å². The molecule has 1 saturated carbocycles. The van der Waals surface area contributed by atoms with Crippen molar-refractivity contribution >= 4 is 0 Å². The third kappa shape index (κ3) is 7.16. The topological polar surface area (TPSA) is 21.3 Å². The van der Waals surface area contributed by atoms with E-state index in [0.717, 1.165) is 39.0 Å². The minimum Gasteiger partial charge on any atom is -0.381 e. The van der Waals surface area contributed by atoms with Crippen molar-refractivity contribution in [1.82, 2.24) is 5.32 Å². The molecule has 1 aliphatic carbocycles. The van der Waals surface area contributed by atoms with E-state index in [-0.39, 0.29) is 18.9 Å². The Morgan fingerprint density at radius 1 is 1.05 bits per heavy atom. The van der Waals surface area contributed by atoms with E-state index >= 15 is 0 Å². The molecule has 19 heavy (non-hydrogen) atoms. The average Bonchev–Trinajstić information content (AvgIpc) is 2.37. The van der Waals surface area contributed by atoms with Gasteiger partial charge in [-0.3, -0.25) is 0 Å². The normalized spacial score (nSPS) is 24.6. The zero-order valence-corrected chi connectivity index (χ0v) is 11.8. The highest BCUT2D eigenvalue weighted by molar-refractivity contribution is 4.80. The van der Waals surface area contributed by atoms with E-state index in [1.807, 2.05) is 0 Å². The average molecular weight is 281 g/mol. The van der Waals surface area contributed by atoms with Gasteiger partial charge in [0.05, 0.1) is 5.92 Å². The second-order valence-electron chi connectivity index (χ2n) is 5.36. The van der Waals surface area contributed by atoms with Crippen LogP contribution in [0, 0.1) is 5.92 Å². The summed E-state index contributed by atoms with van der Waals surface area (Å²) in [5.74, 6) is -1.08. The molecule has 5 heteroatoms. The Kier molecular flexibility index (Phi) is 7.76. The molecule has 0 aromatic heterocycles. The molecule has 2 nitrogen and oxygen atoms in total. The van der Waals surface area contributed by atoms with Crippen LogP contribution in [0.1, 0.15) is 51.9 Å². The third-order valence-corrected chi connectivity index (χ3v) is 3.73. The zero-order valence-electron chi connectivity index (χ0n) is 11.8. The Bertz CT molecular complexity index is 225. The highest BCUT2D eigenvalue weighted by atomic mass is 19.4. The van der Waals surface area contributed by atoms with Gasteiger partial charge in [-0.15, -0.1) is 0 Å². The molecule has 0 bridgehead atoms. The molecule has 0 atom stereocenters. The van der Waals surface area contributed by atoms with Crippen molar-refractivity contribution in [2.75, 3.05) is 19.8 Å². The van der Waals surface area contributed by atoms with E-state index in [0.29, 0.717) is 12.8 Å². The predicted molar refractivity (Wildman–Crippen MR) is 70.1 cm³/mol. The standard InChI is InChI=1S/C14H26F3NO/c1-2-3-10-19-11-4-9-18-13-7-5-12(6-8-13)14(15,16)17/h12-13,18H,2-11H2,1H3. The summed E-state index contributed by atoms with van der Waals surface area (Å²) >= 11 is 0.